The van der Waals surface area contributed by atoms with E-state index < -0.39 is 0 Å². The lowest BCUT2D eigenvalue weighted by atomic mass is 10.2. The molecule has 1 N–H and O–H groups in total. The number of halogens is 4. The van der Waals surface area contributed by atoms with Crippen LogP contribution in [0.2, 0.25) is 5.02 Å². The van der Waals surface area contributed by atoms with E-state index in [1.807, 2.05) is 0 Å². The summed E-state index contributed by atoms with van der Waals surface area (Å²) in [4.78, 5) is 0. The summed E-state index contributed by atoms with van der Waals surface area (Å²) >= 11 is 9.16. The third kappa shape index (κ3) is 3.21. The van der Waals surface area contributed by atoms with Crippen LogP contribution in [0, 0.1) is 11.6 Å². The normalized spacial score (nSPS) is 10.4. The van der Waals surface area contributed by atoms with Gasteiger partial charge in [-0.3, -0.25) is 0 Å². The van der Waals surface area contributed by atoms with Gasteiger partial charge in [0.1, 0.15) is 11.6 Å². The first-order chi connectivity index (χ1) is 8.56. The maximum absolute atomic E-state index is 12.9. The zero-order chi connectivity index (χ0) is 13.1. The lowest BCUT2D eigenvalue weighted by molar-refractivity contribution is 0.626. The van der Waals surface area contributed by atoms with Crippen LogP contribution < -0.4 is 5.32 Å². The van der Waals surface area contributed by atoms with E-state index in [4.69, 9.17) is 11.6 Å². The first-order valence-electron chi connectivity index (χ1n) is 5.19. The summed E-state index contributed by atoms with van der Waals surface area (Å²) in [5.41, 5.74) is 1.52. The van der Waals surface area contributed by atoms with Crippen molar-refractivity contribution in [2.75, 3.05) is 5.32 Å². The standard InChI is InChI=1S/C13H9BrClF2N/c14-11-5-9(16)2-1-8(11)7-18-13-4-3-10(17)6-12(13)15/h1-6,18H,7H2. The average molecular weight is 333 g/mol. The second-order valence-corrected chi connectivity index (χ2v) is 4.97. The molecule has 0 unspecified atom stereocenters. The Labute approximate surface area is 117 Å². The highest BCUT2D eigenvalue weighted by Gasteiger charge is 2.04. The van der Waals surface area contributed by atoms with Gasteiger partial charge in [0, 0.05) is 11.0 Å². The minimum atomic E-state index is -0.381. The number of benzene rings is 2. The summed E-state index contributed by atoms with van der Waals surface area (Å²) < 4.78 is 26.4. The van der Waals surface area contributed by atoms with Gasteiger partial charge in [-0.05, 0) is 35.9 Å². The van der Waals surface area contributed by atoms with Gasteiger partial charge >= 0.3 is 0 Å². The van der Waals surface area contributed by atoms with Gasteiger partial charge in [0.25, 0.3) is 0 Å². The van der Waals surface area contributed by atoms with Crippen molar-refractivity contribution in [1.29, 1.82) is 0 Å². The Morgan fingerprint density at radius 2 is 1.72 bits per heavy atom. The maximum atomic E-state index is 12.9. The van der Waals surface area contributed by atoms with E-state index in [-0.39, 0.29) is 11.6 Å². The molecule has 0 saturated heterocycles. The molecule has 0 amide bonds. The first-order valence-corrected chi connectivity index (χ1v) is 6.36. The second-order valence-electron chi connectivity index (χ2n) is 3.71. The van der Waals surface area contributed by atoms with E-state index >= 15 is 0 Å². The average Bonchev–Trinajstić information content (AvgIpc) is 2.30. The van der Waals surface area contributed by atoms with Crippen molar-refractivity contribution in [2.24, 2.45) is 0 Å². The van der Waals surface area contributed by atoms with Gasteiger partial charge in [0.05, 0.1) is 10.7 Å². The van der Waals surface area contributed by atoms with Crippen molar-refractivity contribution >= 4 is 33.2 Å². The summed E-state index contributed by atoms with van der Waals surface area (Å²) in [6.45, 7) is 0.464. The van der Waals surface area contributed by atoms with Gasteiger partial charge in [-0.1, -0.05) is 33.6 Å². The van der Waals surface area contributed by atoms with Crippen molar-refractivity contribution in [1.82, 2.24) is 0 Å². The van der Waals surface area contributed by atoms with E-state index in [9.17, 15) is 8.78 Å². The van der Waals surface area contributed by atoms with Gasteiger partial charge in [-0.25, -0.2) is 8.78 Å². The Morgan fingerprint density at radius 1 is 1.06 bits per heavy atom. The predicted molar refractivity (Wildman–Crippen MR) is 72.8 cm³/mol. The summed E-state index contributed by atoms with van der Waals surface area (Å²) in [5, 5.41) is 3.38. The lowest BCUT2D eigenvalue weighted by Crippen LogP contribution is -2.01. The summed E-state index contributed by atoms with van der Waals surface area (Å²) in [7, 11) is 0. The molecule has 0 atom stereocenters. The van der Waals surface area contributed by atoms with Crippen molar-refractivity contribution in [3.8, 4) is 0 Å². The molecule has 18 heavy (non-hydrogen) atoms. The molecular weight excluding hydrogens is 324 g/mol. The van der Waals surface area contributed by atoms with Crippen molar-refractivity contribution in [3.63, 3.8) is 0 Å². The molecule has 0 spiro atoms. The van der Waals surface area contributed by atoms with E-state index in [1.54, 1.807) is 12.1 Å². The minimum Gasteiger partial charge on any atom is -0.380 e. The van der Waals surface area contributed by atoms with Crippen molar-refractivity contribution < 1.29 is 8.78 Å². The SMILES string of the molecule is Fc1ccc(NCc2ccc(F)cc2Br)c(Cl)c1. The van der Waals surface area contributed by atoms with Crippen molar-refractivity contribution in [3.05, 3.63) is 63.1 Å². The quantitative estimate of drug-likeness (QED) is 0.834. The molecule has 0 radical (unpaired) electrons. The fourth-order valence-corrected chi connectivity index (χ4v) is 2.21. The van der Waals surface area contributed by atoms with Gasteiger partial charge in [0.2, 0.25) is 0 Å². The van der Waals surface area contributed by atoms with Gasteiger partial charge in [-0.2, -0.15) is 0 Å². The Balaban J connectivity index is 2.11. The highest BCUT2D eigenvalue weighted by atomic mass is 79.9. The molecular formula is C13H9BrClF2N. The number of hydrogen-bond acceptors (Lipinski definition) is 1. The molecule has 2 rings (SSSR count). The monoisotopic (exact) mass is 331 g/mol. The minimum absolute atomic E-state index is 0.301. The van der Waals surface area contributed by atoms with Crippen LogP contribution in [0.5, 0.6) is 0 Å². The van der Waals surface area contributed by atoms with Crippen LogP contribution in [0.3, 0.4) is 0 Å². The number of hydrogen-bond donors (Lipinski definition) is 1. The molecule has 0 saturated carbocycles. The summed E-state index contributed by atoms with van der Waals surface area (Å²) in [6, 6.07) is 8.58. The van der Waals surface area contributed by atoms with Crippen LogP contribution in [-0.2, 0) is 6.54 Å². The van der Waals surface area contributed by atoms with Crippen LogP contribution in [0.1, 0.15) is 5.56 Å². The van der Waals surface area contributed by atoms with E-state index in [2.05, 4.69) is 21.2 Å². The van der Waals surface area contributed by atoms with Crippen LogP contribution in [0.4, 0.5) is 14.5 Å². The second kappa shape index (κ2) is 5.67. The molecule has 0 aliphatic heterocycles. The maximum Gasteiger partial charge on any atom is 0.124 e. The van der Waals surface area contributed by atoms with Crippen LogP contribution in [0.15, 0.2) is 40.9 Å². The third-order valence-corrected chi connectivity index (χ3v) is 3.47. The molecule has 1 nitrogen and oxygen atoms in total. The predicted octanol–water partition coefficient (Wildman–Crippen LogP) is 4.99. The van der Waals surface area contributed by atoms with Gasteiger partial charge < -0.3 is 5.32 Å². The zero-order valence-corrected chi connectivity index (χ0v) is 11.5. The number of anilines is 1. The van der Waals surface area contributed by atoms with Gasteiger partial charge in [0.15, 0.2) is 0 Å². The van der Waals surface area contributed by atoms with E-state index in [0.717, 1.165) is 5.56 Å². The molecule has 2 aromatic carbocycles. The third-order valence-electron chi connectivity index (χ3n) is 2.42. The highest BCUT2D eigenvalue weighted by molar-refractivity contribution is 9.10. The molecule has 0 heterocycles. The highest BCUT2D eigenvalue weighted by Crippen LogP contribution is 2.24. The Bertz CT molecular complexity index is 523. The molecule has 94 valence electrons. The van der Waals surface area contributed by atoms with Crippen LogP contribution in [-0.4, -0.2) is 0 Å². The van der Waals surface area contributed by atoms with E-state index in [1.165, 1.54) is 24.3 Å². The molecule has 5 heteroatoms. The molecule has 2 aromatic rings. The summed E-state index contributed by atoms with van der Waals surface area (Å²) in [6.07, 6.45) is 0. The number of nitrogens with one attached hydrogen (secondary N) is 1. The molecule has 0 bridgehead atoms. The largest absolute Gasteiger partial charge is 0.380 e. The first kappa shape index (κ1) is 13.3. The smallest absolute Gasteiger partial charge is 0.124 e. The molecule has 0 aliphatic rings. The lowest BCUT2D eigenvalue weighted by Gasteiger charge is -2.10. The van der Waals surface area contributed by atoms with Crippen LogP contribution >= 0.6 is 27.5 Å². The van der Waals surface area contributed by atoms with Gasteiger partial charge in [-0.15, -0.1) is 0 Å². The fraction of sp³-hybridized carbons (Fsp3) is 0.0769. The molecule has 0 aromatic heterocycles. The fourth-order valence-electron chi connectivity index (χ4n) is 1.49. The number of rotatable bonds is 3. The molecule has 0 fully saturated rings. The topological polar surface area (TPSA) is 12.0 Å². The Kier molecular flexibility index (Phi) is 4.19. The molecule has 0 aliphatic carbocycles. The van der Waals surface area contributed by atoms with Crippen molar-refractivity contribution in [2.45, 2.75) is 6.54 Å². The Morgan fingerprint density at radius 3 is 2.39 bits per heavy atom. The van der Waals surface area contributed by atoms with E-state index in [0.29, 0.717) is 21.7 Å². The Hall–Kier alpha value is -1.13. The summed E-state index contributed by atoms with van der Waals surface area (Å²) in [5.74, 6) is -0.682. The zero-order valence-electron chi connectivity index (χ0n) is 9.18. The van der Waals surface area contributed by atoms with Crippen LogP contribution in [0.25, 0.3) is 0 Å².